The Balaban J connectivity index is 1.91. The summed E-state index contributed by atoms with van der Waals surface area (Å²) in [7, 11) is -1.08. The molecule has 2 heterocycles. The van der Waals surface area contributed by atoms with Gasteiger partial charge in [0.15, 0.2) is 5.65 Å². The zero-order chi connectivity index (χ0) is 17.9. The third-order valence-electron chi connectivity index (χ3n) is 4.31. The summed E-state index contributed by atoms with van der Waals surface area (Å²) in [4.78, 5) is 4.65. The van der Waals surface area contributed by atoms with E-state index in [1.165, 1.54) is 5.56 Å². The first-order valence-electron chi connectivity index (χ1n) is 8.96. The van der Waals surface area contributed by atoms with Crippen molar-refractivity contribution in [1.29, 1.82) is 0 Å². The summed E-state index contributed by atoms with van der Waals surface area (Å²) in [6.07, 6.45) is 2.91. The lowest BCUT2D eigenvalue weighted by atomic mass is 10.1. The van der Waals surface area contributed by atoms with Gasteiger partial charge in [-0.3, -0.25) is 0 Å². The molecule has 0 aliphatic rings. The van der Waals surface area contributed by atoms with E-state index in [-0.39, 0.29) is 0 Å². The van der Waals surface area contributed by atoms with Crippen molar-refractivity contribution in [2.75, 3.05) is 6.61 Å². The Morgan fingerprint density at radius 3 is 2.56 bits per heavy atom. The van der Waals surface area contributed by atoms with Crippen LogP contribution < -0.4 is 0 Å². The lowest BCUT2D eigenvalue weighted by molar-refractivity contribution is 0.0814. The number of pyridine rings is 1. The molecular formula is C20H27N3OSi. The minimum absolute atomic E-state index is 0.451. The van der Waals surface area contributed by atoms with E-state index in [0.29, 0.717) is 6.73 Å². The molecule has 0 aliphatic carbocycles. The molecule has 132 valence electrons. The smallest absolute Gasteiger partial charge is 0.160 e. The molecule has 4 nitrogen and oxygen atoms in total. The molecule has 0 spiro atoms. The highest BCUT2D eigenvalue weighted by molar-refractivity contribution is 6.76. The first kappa shape index (κ1) is 17.8. The second-order valence-electron chi connectivity index (χ2n) is 7.63. The number of aromatic nitrogens is 3. The van der Waals surface area contributed by atoms with Gasteiger partial charge in [0.25, 0.3) is 0 Å². The highest BCUT2D eigenvalue weighted by Crippen LogP contribution is 2.27. The maximum atomic E-state index is 5.90. The molecular weight excluding hydrogens is 326 g/mol. The first-order valence-corrected chi connectivity index (χ1v) is 12.7. The fourth-order valence-corrected chi connectivity index (χ4v) is 3.48. The van der Waals surface area contributed by atoms with Gasteiger partial charge in [0.05, 0.1) is 0 Å². The predicted molar refractivity (Wildman–Crippen MR) is 106 cm³/mol. The van der Waals surface area contributed by atoms with Crippen molar-refractivity contribution < 1.29 is 4.74 Å². The van der Waals surface area contributed by atoms with Crippen LogP contribution in [0.4, 0.5) is 0 Å². The van der Waals surface area contributed by atoms with Crippen LogP contribution in [0, 0.1) is 0 Å². The molecule has 5 heteroatoms. The molecule has 0 aliphatic heterocycles. The molecule has 0 fully saturated rings. The second kappa shape index (κ2) is 7.50. The van der Waals surface area contributed by atoms with E-state index in [0.717, 1.165) is 41.4 Å². The van der Waals surface area contributed by atoms with Gasteiger partial charge in [-0.25, -0.2) is 9.67 Å². The standard InChI is InChI=1S/C20H27N3OSi/c1-5-16-13-18-19(17-9-7-6-8-10-17)22-23(20(18)21-14-16)15-24-11-12-25(2,3)4/h6-10,13-14H,5,11-12,15H2,1-4H3. The molecule has 0 radical (unpaired) electrons. The average molecular weight is 354 g/mol. The Hall–Kier alpha value is -1.98. The lowest BCUT2D eigenvalue weighted by Crippen LogP contribution is -2.22. The molecule has 2 aromatic heterocycles. The monoisotopic (exact) mass is 353 g/mol. The third-order valence-corrected chi connectivity index (χ3v) is 6.01. The van der Waals surface area contributed by atoms with E-state index in [1.54, 1.807) is 0 Å². The molecule has 1 aromatic carbocycles. The van der Waals surface area contributed by atoms with Crippen molar-refractivity contribution in [1.82, 2.24) is 14.8 Å². The zero-order valence-electron chi connectivity index (χ0n) is 15.6. The number of rotatable bonds is 7. The second-order valence-corrected chi connectivity index (χ2v) is 13.3. The Kier molecular flexibility index (Phi) is 5.35. The van der Waals surface area contributed by atoms with E-state index < -0.39 is 8.07 Å². The Bertz CT molecular complexity index is 837. The van der Waals surface area contributed by atoms with Crippen molar-refractivity contribution >= 4 is 19.1 Å². The summed E-state index contributed by atoms with van der Waals surface area (Å²) in [5, 5.41) is 5.91. The van der Waals surface area contributed by atoms with Crippen LogP contribution in [-0.4, -0.2) is 29.4 Å². The van der Waals surface area contributed by atoms with Crippen LogP contribution in [0.3, 0.4) is 0 Å². The molecule has 0 unspecified atom stereocenters. The molecule has 25 heavy (non-hydrogen) atoms. The Labute approximate surface area is 150 Å². The first-order chi connectivity index (χ1) is 12.0. The topological polar surface area (TPSA) is 39.9 Å². The molecule has 3 aromatic rings. The Morgan fingerprint density at radius 2 is 1.88 bits per heavy atom. The molecule has 0 amide bonds. The van der Waals surface area contributed by atoms with Gasteiger partial charge in [0, 0.05) is 31.8 Å². The van der Waals surface area contributed by atoms with E-state index in [4.69, 9.17) is 9.84 Å². The highest BCUT2D eigenvalue weighted by Gasteiger charge is 2.15. The average Bonchev–Trinajstić information content (AvgIpc) is 2.96. The number of aryl methyl sites for hydroxylation is 1. The maximum absolute atomic E-state index is 5.90. The van der Waals surface area contributed by atoms with Gasteiger partial charge in [0.2, 0.25) is 0 Å². The van der Waals surface area contributed by atoms with Crippen molar-refractivity contribution in [3.8, 4) is 11.3 Å². The van der Waals surface area contributed by atoms with Crippen LogP contribution in [0.25, 0.3) is 22.3 Å². The summed E-state index contributed by atoms with van der Waals surface area (Å²) in [6, 6.07) is 13.7. The summed E-state index contributed by atoms with van der Waals surface area (Å²) in [6.45, 7) is 10.5. The lowest BCUT2D eigenvalue weighted by Gasteiger charge is -2.15. The predicted octanol–water partition coefficient (Wildman–Crippen LogP) is 4.97. The van der Waals surface area contributed by atoms with E-state index in [9.17, 15) is 0 Å². The zero-order valence-corrected chi connectivity index (χ0v) is 16.6. The van der Waals surface area contributed by atoms with Gasteiger partial charge in [-0.05, 0) is 24.1 Å². The third kappa shape index (κ3) is 4.35. The van der Waals surface area contributed by atoms with Gasteiger partial charge < -0.3 is 4.74 Å². The van der Waals surface area contributed by atoms with Gasteiger partial charge in [0.1, 0.15) is 12.4 Å². The number of benzene rings is 1. The SMILES string of the molecule is CCc1cnc2c(c1)c(-c1ccccc1)nn2COCC[Si](C)(C)C. The van der Waals surface area contributed by atoms with E-state index in [2.05, 4.69) is 49.7 Å². The largest absolute Gasteiger partial charge is 0.359 e. The van der Waals surface area contributed by atoms with Crippen molar-refractivity contribution in [3.63, 3.8) is 0 Å². The Morgan fingerprint density at radius 1 is 1.12 bits per heavy atom. The van der Waals surface area contributed by atoms with Crippen molar-refractivity contribution in [2.24, 2.45) is 0 Å². The fraction of sp³-hybridized carbons (Fsp3) is 0.400. The van der Waals surface area contributed by atoms with Gasteiger partial charge in [-0.2, -0.15) is 5.10 Å². The minimum Gasteiger partial charge on any atom is -0.359 e. The molecule has 0 bridgehead atoms. The van der Waals surface area contributed by atoms with Gasteiger partial charge in [-0.1, -0.05) is 56.9 Å². The maximum Gasteiger partial charge on any atom is 0.160 e. The molecule has 0 atom stereocenters. The summed E-state index contributed by atoms with van der Waals surface area (Å²) >= 11 is 0. The van der Waals surface area contributed by atoms with Crippen LogP contribution in [-0.2, 0) is 17.9 Å². The van der Waals surface area contributed by atoms with Crippen molar-refractivity contribution in [3.05, 3.63) is 48.2 Å². The summed E-state index contributed by atoms with van der Waals surface area (Å²) < 4.78 is 7.79. The van der Waals surface area contributed by atoms with Crippen LogP contribution in [0.2, 0.25) is 25.7 Å². The number of hydrogen-bond donors (Lipinski definition) is 0. The van der Waals surface area contributed by atoms with Crippen molar-refractivity contribution in [2.45, 2.75) is 45.8 Å². The normalized spacial score (nSPS) is 12.0. The molecule has 0 N–H and O–H groups in total. The quantitative estimate of drug-likeness (QED) is 0.444. The summed E-state index contributed by atoms with van der Waals surface area (Å²) in [5.74, 6) is 0. The summed E-state index contributed by atoms with van der Waals surface area (Å²) in [5.41, 5.74) is 4.21. The number of nitrogens with zero attached hydrogens (tertiary/aromatic N) is 3. The molecule has 0 saturated heterocycles. The van der Waals surface area contributed by atoms with Crippen LogP contribution in [0.15, 0.2) is 42.6 Å². The number of ether oxygens (including phenoxy) is 1. The van der Waals surface area contributed by atoms with Gasteiger partial charge >= 0.3 is 0 Å². The number of fused-ring (bicyclic) bond motifs is 1. The molecule has 0 saturated carbocycles. The van der Waals surface area contributed by atoms with E-state index in [1.807, 2.05) is 29.1 Å². The van der Waals surface area contributed by atoms with Crippen LogP contribution in [0.5, 0.6) is 0 Å². The minimum atomic E-state index is -1.08. The van der Waals surface area contributed by atoms with Crippen LogP contribution >= 0.6 is 0 Å². The number of hydrogen-bond acceptors (Lipinski definition) is 3. The highest BCUT2D eigenvalue weighted by atomic mass is 28.3. The van der Waals surface area contributed by atoms with E-state index >= 15 is 0 Å². The van der Waals surface area contributed by atoms with Crippen LogP contribution in [0.1, 0.15) is 12.5 Å². The van der Waals surface area contributed by atoms with Gasteiger partial charge in [-0.15, -0.1) is 0 Å². The molecule has 3 rings (SSSR count). The fourth-order valence-electron chi connectivity index (χ4n) is 2.72.